The Morgan fingerprint density at radius 1 is 1.56 bits per heavy atom. The quantitative estimate of drug-likeness (QED) is 0.138. The summed E-state index contributed by atoms with van der Waals surface area (Å²) in [6.45, 7) is 3.53. The molecule has 10 nitrogen and oxygen atoms in total. The number of thioether (sulfide) groups is 1. The molecular formula is C14H12KN5O5S2. The van der Waals surface area contributed by atoms with E-state index in [9.17, 15) is 19.5 Å². The summed E-state index contributed by atoms with van der Waals surface area (Å²) < 4.78 is 0. The van der Waals surface area contributed by atoms with Gasteiger partial charge in [-0.25, -0.2) is 4.98 Å². The Labute approximate surface area is 204 Å². The van der Waals surface area contributed by atoms with Crippen LogP contribution < -0.4 is 67.5 Å². The number of nitrogen functional groups attached to an aromatic ring is 1. The summed E-state index contributed by atoms with van der Waals surface area (Å²) in [7, 11) is 0. The number of allylic oxidation sites excluding steroid dienone is 1. The molecule has 0 radical (unpaired) electrons. The number of amides is 2. The molecule has 0 spiro atoms. The molecule has 1 aromatic heterocycles. The summed E-state index contributed by atoms with van der Waals surface area (Å²) in [5.74, 6) is -2.62. The zero-order valence-electron chi connectivity index (χ0n) is 14.0. The van der Waals surface area contributed by atoms with Crippen LogP contribution >= 0.6 is 23.1 Å². The van der Waals surface area contributed by atoms with Crippen molar-refractivity contribution in [3.05, 3.63) is 35.0 Å². The van der Waals surface area contributed by atoms with Crippen molar-refractivity contribution in [2.24, 2.45) is 5.16 Å². The third-order valence-corrected chi connectivity index (χ3v) is 5.78. The summed E-state index contributed by atoms with van der Waals surface area (Å²) in [6, 6.07) is -0.971. The van der Waals surface area contributed by atoms with Crippen molar-refractivity contribution >= 4 is 51.7 Å². The molecule has 0 saturated carbocycles. The number of hydrogen-bond donors (Lipinski definition) is 3. The topological polar surface area (TPSA) is 161 Å². The van der Waals surface area contributed by atoms with Crippen LogP contribution in [0.5, 0.6) is 0 Å². The molecule has 1 fully saturated rings. The number of aliphatic carboxylic acids is 1. The number of nitrogens with one attached hydrogen (secondary N) is 1. The van der Waals surface area contributed by atoms with Crippen molar-refractivity contribution in [1.29, 1.82) is 0 Å². The largest absolute Gasteiger partial charge is 1.00 e. The van der Waals surface area contributed by atoms with E-state index < -0.39 is 34.9 Å². The molecule has 2 amide bonds. The number of anilines is 1. The van der Waals surface area contributed by atoms with E-state index in [-0.39, 0.29) is 67.9 Å². The minimum absolute atomic E-state index is 0. The van der Waals surface area contributed by atoms with E-state index in [1.165, 1.54) is 23.2 Å². The Bertz CT molecular complexity index is 883. The summed E-state index contributed by atoms with van der Waals surface area (Å²) >= 11 is 2.33. The normalized spacial score (nSPS) is 21.7. The van der Waals surface area contributed by atoms with Gasteiger partial charge in [-0.1, -0.05) is 17.8 Å². The average Bonchev–Trinajstić information content (AvgIpc) is 3.04. The first-order valence-electron chi connectivity index (χ1n) is 7.15. The molecule has 2 aliphatic heterocycles. The number of aromatic nitrogens is 1. The third kappa shape index (κ3) is 3.99. The molecule has 1 saturated heterocycles. The van der Waals surface area contributed by atoms with Gasteiger partial charge < -0.3 is 26.2 Å². The molecule has 3 heterocycles. The molecule has 0 bridgehead atoms. The predicted octanol–water partition coefficient (Wildman–Crippen LogP) is -4.50. The van der Waals surface area contributed by atoms with E-state index in [1.54, 1.807) is 0 Å². The van der Waals surface area contributed by atoms with Crippen LogP contribution in [0.25, 0.3) is 0 Å². The molecule has 0 aromatic carbocycles. The van der Waals surface area contributed by atoms with Gasteiger partial charge in [0.2, 0.25) is 0 Å². The van der Waals surface area contributed by atoms with Crippen LogP contribution in [0.15, 0.2) is 34.5 Å². The molecule has 2 atom stereocenters. The summed E-state index contributed by atoms with van der Waals surface area (Å²) in [5.41, 5.74) is 5.29. The Kier molecular flexibility index (Phi) is 7.24. The first kappa shape index (κ1) is 22.1. The minimum Gasteiger partial charge on any atom is -0.543 e. The smallest absolute Gasteiger partial charge is 0.543 e. The maximum atomic E-state index is 12.4. The van der Waals surface area contributed by atoms with Gasteiger partial charge in [0.05, 0.1) is 11.7 Å². The van der Waals surface area contributed by atoms with Crippen LogP contribution in [-0.2, 0) is 14.4 Å². The van der Waals surface area contributed by atoms with Gasteiger partial charge in [-0.05, 0) is 5.57 Å². The minimum atomic E-state index is -1.49. The Balaban J connectivity index is 0.00000261. The Hall–Kier alpha value is -1.22. The summed E-state index contributed by atoms with van der Waals surface area (Å²) in [4.78, 5) is 40.9. The zero-order valence-corrected chi connectivity index (χ0v) is 18.8. The first-order valence-corrected chi connectivity index (χ1v) is 9.07. The maximum absolute atomic E-state index is 12.4. The molecular weight excluding hydrogens is 421 g/mol. The number of carboxylic acid groups (broad SMARTS) is 1. The number of oxime groups is 1. The van der Waals surface area contributed by atoms with E-state index in [0.717, 1.165) is 16.2 Å². The van der Waals surface area contributed by atoms with Crippen molar-refractivity contribution in [2.75, 3.05) is 11.5 Å². The standard InChI is InChI=1S/C14H13N5O5S2.K/c1-2-5-3-25-12-8(11(21)19(12)9(5)13(22)23)17-10(20)7(18-24)6-4-26-14(15)16-6;/h2,4,8,12,24H,1,3H2,(H2,15,16)(H,17,20)(H,22,23);/q;+1/p-1. The monoisotopic (exact) mass is 433 g/mol. The van der Waals surface area contributed by atoms with Gasteiger partial charge in [0.25, 0.3) is 11.8 Å². The third-order valence-electron chi connectivity index (χ3n) is 3.80. The van der Waals surface area contributed by atoms with E-state index in [0.29, 0.717) is 11.3 Å². The van der Waals surface area contributed by atoms with Crippen molar-refractivity contribution < 1.29 is 76.1 Å². The molecule has 1 aromatic rings. The van der Waals surface area contributed by atoms with E-state index in [4.69, 9.17) is 10.9 Å². The van der Waals surface area contributed by atoms with E-state index in [2.05, 4.69) is 22.0 Å². The molecule has 0 aliphatic carbocycles. The molecule has 4 N–H and O–H groups in total. The van der Waals surface area contributed by atoms with E-state index >= 15 is 0 Å². The van der Waals surface area contributed by atoms with Gasteiger partial charge in [0.15, 0.2) is 10.8 Å². The second-order valence-corrected chi connectivity index (χ2v) is 7.24. The van der Waals surface area contributed by atoms with Crippen LogP contribution in [0.3, 0.4) is 0 Å². The van der Waals surface area contributed by atoms with Gasteiger partial charge in [-0.15, -0.1) is 23.1 Å². The van der Waals surface area contributed by atoms with Gasteiger partial charge in [-0.2, -0.15) is 0 Å². The number of rotatable bonds is 5. The van der Waals surface area contributed by atoms with Crippen molar-refractivity contribution in [2.45, 2.75) is 11.4 Å². The number of hydrogen-bond acceptors (Lipinski definition) is 10. The van der Waals surface area contributed by atoms with Crippen molar-refractivity contribution in [3.63, 3.8) is 0 Å². The SMILES string of the molecule is C=CC1=C(C(=O)[O-])N2C(=O)C(NC(=O)C(=NO)c3csc(N)n3)C2SC1.[K+]. The first-order chi connectivity index (χ1) is 12.4. The van der Waals surface area contributed by atoms with Crippen LogP contribution in [0, 0.1) is 0 Å². The van der Waals surface area contributed by atoms with Crippen LogP contribution in [-0.4, -0.2) is 55.8 Å². The van der Waals surface area contributed by atoms with Gasteiger partial charge in [0.1, 0.15) is 17.1 Å². The number of carbonyl (C=O) groups excluding carboxylic acids is 3. The fourth-order valence-corrected chi connectivity index (χ4v) is 4.50. The van der Waals surface area contributed by atoms with Crippen LogP contribution in [0.4, 0.5) is 5.13 Å². The predicted molar refractivity (Wildman–Crippen MR) is 92.1 cm³/mol. The van der Waals surface area contributed by atoms with E-state index in [1.807, 2.05) is 0 Å². The number of nitrogens with zero attached hydrogens (tertiary/aromatic N) is 3. The number of carbonyl (C=O) groups is 3. The van der Waals surface area contributed by atoms with Gasteiger partial charge in [-0.3, -0.25) is 14.5 Å². The average molecular weight is 434 g/mol. The van der Waals surface area contributed by atoms with Crippen LogP contribution in [0.2, 0.25) is 0 Å². The molecule has 27 heavy (non-hydrogen) atoms. The van der Waals surface area contributed by atoms with Gasteiger partial charge in [0, 0.05) is 11.1 Å². The summed E-state index contributed by atoms with van der Waals surface area (Å²) in [6.07, 6.45) is 1.36. The maximum Gasteiger partial charge on any atom is 1.00 e. The fraction of sp³-hybridized carbons (Fsp3) is 0.214. The summed E-state index contributed by atoms with van der Waals surface area (Å²) in [5, 5.41) is 26.8. The number of thiazole rings is 1. The second kappa shape index (κ2) is 8.85. The second-order valence-electron chi connectivity index (χ2n) is 5.25. The molecule has 136 valence electrons. The number of nitrogens with two attached hydrogens (primary N) is 1. The Morgan fingerprint density at radius 3 is 2.78 bits per heavy atom. The molecule has 3 rings (SSSR count). The number of carboxylic acids is 1. The molecule has 2 unspecified atom stereocenters. The number of fused-ring (bicyclic) bond motifs is 1. The van der Waals surface area contributed by atoms with Gasteiger partial charge >= 0.3 is 51.4 Å². The van der Waals surface area contributed by atoms with Crippen LogP contribution in [0.1, 0.15) is 5.69 Å². The number of β-lactam (4-membered cyclic amide) rings is 1. The molecule has 2 aliphatic rings. The zero-order chi connectivity index (χ0) is 19.0. The van der Waals surface area contributed by atoms with Crippen molar-refractivity contribution in [3.8, 4) is 0 Å². The molecule has 13 heteroatoms. The van der Waals surface area contributed by atoms with Crippen molar-refractivity contribution in [1.82, 2.24) is 15.2 Å². The Morgan fingerprint density at radius 2 is 2.26 bits per heavy atom. The fourth-order valence-electron chi connectivity index (χ4n) is 2.61.